The van der Waals surface area contributed by atoms with Gasteiger partial charge in [0.25, 0.3) is 0 Å². The fourth-order valence-electron chi connectivity index (χ4n) is 2.82. The van der Waals surface area contributed by atoms with Gasteiger partial charge in [-0.2, -0.15) is 13.2 Å². The molecule has 5 nitrogen and oxygen atoms in total. The van der Waals surface area contributed by atoms with Crippen molar-refractivity contribution in [3.63, 3.8) is 0 Å². The molecule has 134 valence electrons. The molecule has 0 atom stereocenters. The average molecular weight is 352 g/mol. The number of aromatic nitrogens is 2. The zero-order valence-corrected chi connectivity index (χ0v) is 13.8. The van der Waals surface area contributed by atoms with E-state index in [0.29, 0.717) is 24.7 Å². The number of hydrogen-bond acceptors (Lipinski definition) is 5. The maximum atomic E-state index is 12.8. The lowest BCUT2D eigenvalue weighted by atomic mass is 10.2. The van der Waals surface area contributed by atoms with Gasteiger partial charge in [-0.25, -0.2) is 4.98 Å². The van der Waals surface area contributed by atoms with Crippen LogP contribution in [-0.4, -0.2) is 48.2 Å². The number of ether oxygens (including phenoxy) is 1. The van der Waals surface area contributed by atoms with Gasteiger partial charge in [0, 0.05) is 56.9 Å². The number of methoxy groups -OCH3 is 1. The van der Waals surface area contributed by atoms with Gasteiger partial charge >= 0.3 is 6.18 Å². The zero-order valence-electron chi connectivity index (χ0n) is 13.8. The van der Waals surface area contributed by atoms with Crippen molar-refractivity contribution in [1.29, 1.82) is 0 Å². The summed E-state index contributed by atoms with van der Waals surface area (Å²) < 4.78 is 43.4. The van der Waals surface area contributed by atoms with Crippen molar-refractivity contribution in [3.8, 4) is 5.88 Å². The van der Waals surface area contributed by atoms with Crippen molar-refractivity contribution in [3.05, 3.63) is 47.9 Å². The van der Waals surface area contributed by atoms with Crippen molar-refractivity contribution in [1.82, 2.24) is 14.9 Å². The number of alkyl halides is 3. The number of piperazine rings is 1. The number of pyridine rings is 2. The van der Waals surface area contributed by atoms with Gasteiger partial charge in [0.1, 0.15) is 5.69 Å². The average Bonchev–Trinajstić information content (AvgIpc) is 2.62. The molecule has 0 N–H and O–H groups in total. The van der Waals surface area contributed by atoms with Gasteiger partial charge in [0.2, 0.25) is 5.88 Å². The third kappa shape index (κ3) is 4.39. The molecule has 1 fully saturated rings. The van der Waals surface area contributed by atoms with Crippen LogP contribution in [0, 0.1) is 0 Å². The predicted octanol–water partition coefficient (Wildman–Crippen LogP) is 2.83. The van der Waals surface area contributed by atoms with Crippen LogP contribution < -0.4 is 9.64 Å². The number of anilines is 1. The Morgan fingerprint density at radius 1 is 1.08 bits per heavy atom. The topological polar surface area (TPSA) is 41.5 Å². The van der Waals surface area contributed by atoms with Gasteiger partial charge in [0.05, 0.1) is 7.11 Å². The number of hydrogen-bond donors (Lipinski definition) is 0. The standard InChI is InChI=1S/C17H19F3N4O/c1-25-16-3-2-13(11-22-16)12-23-6-8-24(9-7-23)14-4-5-21-15(10-14)17(18,19)20/h2-5,10-11H,6-9,12H2,1H3. The molecule has 1 aliphatic rings. The lowest BCUT2D eigenvalue weighted by molar-refractivity contribution is -0.141. The molecule has 1 aliphatic heterocycles. The van der Waals surface area contributed by atoms with Crippen LogP contribution in [0.1, 0.15) is 11.3 Å². The minimum atomic E-state index is -4.42. The molecule has 3 rings (SSSR count). The molecule has 0 radical (unpaired) electrons. The van der Waals surface area contributed by atoms with E-state index in [2.05, 4.69) is 14.9 Å². The molecular formula is C17H19F3N4O. The number of halogens is 3. The highest BCUT2D eigenvalue weighted by Gasteiger charge is 2.33. The second-order valence-corrected chi connectivity index (χ2v) is 5.87. The summed E-state index contributed by atoms with van der Waals surface area (Å²) in [6, 6.07) is 6.53. The molecule has 25 heavy (non-hydrogen) atoms. The molecule has 0 amide bonds. The van der Waals surface area contributed by atoms with Gasteiger partial charge in [-0.15, -0.1) is 0 Å². The van der Waals surface area contributed by atoms with Crippen LogP contribution in [0.4, 0.5) is 18.9 Å². The minimum Gasteiger partial charge on any atom is -0.481 e. The summed E-state index contributed by atoms with van der Waals surface area (Å²) in [5.41, 5.74) is 0.794. The van der Waals surface area contributed by atoms with Gasteiger partial charge < -0.3 is 9.64 Å². The molecule has 2 aromatic heterocycles. The van der Waals surface area contributed by atoms with Crippen molar-refractivity contribution in [2.45, 2.75) is 12.7 Å². The molecule has 0 saturated carbocycles. The lowest BCUT2D eigenvalue weighted by Gasteiger charge is -2.36. The Morgan fingerprint density at radius 3 is 2.44 bits per heavy atom. The summed E-state index contributed by atoms with van der Waals surface area (Å²) in [7, 11) is 1.57. The molecule has 1 saturated heterocycles. The van der Waals surface area contributed by atoms with Crippen LogP contribution in [0.3, 0.4) is 0 Å². The number of nitrogens with zero attached hydrogens (tertiary/aromatic N) is 4. The molecule has 8 heteroatoms. The van der Waals surface area contributed by atoms with Crippen molar-refractivity contribution in [2.24, 2.45) is 0 Å². The van der Waals surface area contributed by atoms with Gasteiger partial charge in [-0.3, -0.25) is 9.88 Å². The summed E-state index contributed by atoms with van der Waals surface area (Å²) in [4.78, 5) is 11.8. The second-order valence-electron chi connectivity index (χ2n) is 5.87. The van der Waals surface area contributed by atoms with E-state index in [4.69, 9.17) is 4.74 Å². The summed E-state index contributed by atoms with van der Waals surface area (Å²) >= 11 is 0. The van der Waals surface area contributed by atoms with E-state index in [9.17, 15) is 13.2 Å². The smallest absolute Gasteiger partial charge is 0.433 e. The Morgan fingerprint density at radius 2 is 1.84 bits per heavy atom. The highest BCUT2D eigenvalue weighted by Crippen LogP contribution is 2.30. The van der Waals surface area contributed by atoms with E-state index in [1.165, 1.54) is 6.20 Å². The van der Waals surface area contributed by atoms with E-state index >= 15 is 0 Å². The maximum absolute atomic E-state index is 12.8. The summed E-state index contributed by atoms with van der Waals surface area (Å²) in [5.74, 6) is 0.576. The first kappa shape index (κ1) is 17.5. The number of rotatable bonds is 4. The Hall–Kier alpha value is -2.35. The summed E-state index contributed by atoms with van der Waals surface area (Å²) in [6.07, 6.45) is -1.42. The van der Waals surface area contributed by atoms with Crippen LogP contribution in [0.2, 0.25) is 0 Å². The molecule has 3 heterocycles. The Bertz CT molecular complexity index is 698. The molecule has 0 aliphatic carbocycles. The fraction of sp³-hybridized carbons (Fsp3) is 0.412. The molecule has 0 unspecified atom stereocenters. The second kappa shape index (κ2) is 7.26. The van der Waals surface area contributed by atoms with Crippen LogP contribution in [0.15, 0.2) is 36.7 Å². The monoisotopic (exact) mass is 352 g/mol. The van der Waals surface area contributed by atoms with E-state index in [1.54, 1.807) is 19.4 Å². The highest BCUT2D eigenvalue weighted by atomic mass is 19.4. The van der Waals surface area contributed by atoms with E-state index < -0.39 is 11.9 Å². The third-order valence-electron chi connectivity index (χ3n) is 4.18. The molecule has 0 bridgehead atoms. The maximum Gasteiger partial charge on any atom is 0.433 e. The van der Waals surface area contributed by atoms with Crippen molar-refractivity contribution in [2.75, 3.05) is 38.2 Å². The summed E-state index contributed by atoms with van der Waals surface area (Å²) in [5, 5.41) is 0. The largest absolute Gasteiger partial charge is 0.481 e. The Kier molecular flexibility index (Phi) is 5.08. The van der Waals surface area contributed by atoms with E-state index in [1.807, 2.05) is 17.0 Å². The molecule has 0 aromatic carbocycles. The van der Waals surface area contributed by atoms with Gasteiger partial charge in [0.15, 0.2) is 0 Å². The highest BCUT2D eigenvalue weighted by molar-refractivity contribution is 5.47. The lowest BCUT2D eigenvalue weighted by Crippen LogP contribution is -2.46. The predicted molar refractivity (Wildman–Crippen MR) is 87.5 cm³/mol. The Balaban J connectivity index is 1.58. The van der Waals surface area contributed by atoms with Crippen molar-refractivity contribution >= 4 is 5.69 Å². The van der Waals surface area contributed by atoms with E-state index in [-0.39, 0.29) is 0 Å². The van der Waals surface area contributed by atoms with Gasteiger partial charge in [-0.05, 0) is 17.7 Å². The summed E-state index contributed by atoms with van der Waals surface area (Å²) in [6.45, 7) is 3.65. The quantitative estimate of drug-likeness (QED) is 0.846. The molecule has 2 aromatic rings. The van der Waals surface area contributed by atoms with Crippen LogP contribution in [0.25, 0.3) is 0 Å². The van der Waals surface area contributed by atoms with Crippen LogP contribution >= 0.6 is 0 Å². The third-order valence-corrected chi connectivity index (χ3v) is 4.18. The Labute approximate surface area is 144 Å². The van der Waals surface area contributed by atoms with Crippen LogP contribution in [0.5, 0.6) is 5.88 Å². The molecular weight excluding hydrogens is 333 g/mol. The zero-order chi connectivity index (χ0) is 17.9. The van der Waals surface area contributed by atoms with Gasteiger partial charge in [-0.1, -0.05) is 6.07 Å². The molecule has 0 spiro atoms. The first-order chi connectivity index (χ1) is 12.0. The SMILES string of the molecule is COc1ccc(CN2CCN(c3ccnc(C(F)(F)F)c3)CC2)cn1. The minimum absolute atomic E-state index is 0.563. The van der Waals surface area contributed by atoms with Crippen LogP contribution in [-0.2, 0) is 12.7 Å². The normalized spacial score (nSPS) is 16.1. The van der Waals surface area contributed by atoms with E-state index in [0.717, 1.165) is 31.3 Å². The first-order valence-corrected chi connectivity index (χ1v) is 7.95. The van der Waals surface area contributed by atoms with Crippen molar-refractivity contribution < 1.29 is 17.9 Å². The first-order valence-electron chi connectivity index (χ1n) is 7.95. The fourth-order valence-corrected chi connectivity index (χ4v) is 2.82.